The fourth-order valence-corrected chi connectivity index (χ4v) is 5.13. The molecule has 0 aliphatic rings. The largest absolute Gasteiger partial charge is 0.445 e. The van der Waals surface area contributed by atoms with E-state index in [4.69, 9.17) is 17.7 Å². The molecule has 4 heterocycles. The van der Waals surface area contributed by atoms with Gasteiger partial charge in [-0.05, 0) is 44.5 Å². The van der Waals surface area contributed by atoms with Gasteiger partial charge in [0.15, 0.2) is 0 Å². The van der Waals surface area contributed by atoms with E-state index in [9.17, 15) is 0 Å². The molecule has 0 amide bonds. The lowest BCUT2D eigenvalue weighted by Gasteiger charge is -2.18. The topological polar surface area (TPSA) is 104 Å². The van der Waals surface area contributed by atoms with Crippen molar-refractivity contribution < 1.29 is 17.7 Å². The summed E-state index contributed by atoms with van der Waals surface area (Å²) in [6, 6.07) is 12.4. The summed E-state index contributed by atoms with van der Waals surface area (Å²) < 4.78 is 22.9. The van der Waals surface area contributed by atoms with Crippen LogP contribution in [0.4, 0.5) is 0 Å². The Kier molecular flexibility index (Phi) is 3.78. The Labute approximate surface area is 202 Å². The molecular formula is C28H14N4O4. The van der Waals surface area contributed by atoms with Gasteiger partial charge in [0, 0.05) is 22.3 Å². The highest BCUT2D eigenvalue weighted by Gasteiger charge is 2.24. The van der Waals surface area contributed by atoms with Crippen LogP contribution < -0.4 is 0 Å². The zero-order valence-corrected chi connectivity index (χ0v) is 18.5. The van der Waals surface area contributed by atoms with Gasteiger partial charge in [-0.3, -0.25) is 0 Å². The number of hydrogen-bond donors (Lipinski definition) is 0. The van der Waals surface area contributed by atoms with Gasteiger partial charge in [0.2, 0.25) is 23.6 Å². The van der Waals surface area contributed by atoms with Gasteiger partial charge in [0.25, 0.3) is 0 Å². The average Bonchev–Trinajstić information content (AvgIpc) is 3.74. The summed E-state index contributed by atoms with van der Waals surface area (Å²) in [5.74, 6) is 2.06. The predicted molar refractivity (Wildman–Crippen MR) is 132 cm³/mol. The number of aromatic nitrogens is 4. The quantitative estimate of drug-likeness (QED) is 0.249. The molecule has 0 fully saturated rings. The minimum absolute atomic E-state index is 0.515. The normalized spacial score (nSPS) is 11.9. The molecule has 8 rings (SSSR count). The Morgan fingerprint density at radius 3 is 0.889 bits per heavy atom. The standard InChI is InChI=1S/C28H14N4O4/c1-2-16-20(26-30-6-10-34-26)14-22(28-32-8-12-36-28)18-4-3-17-21(27-31-7-11-35-27)13-19(25-29-5-9-33-25)15(1)23(17)24(16)18/h1-14H. The van der Waals surface area contributed by atoms with Crippen LogP contribution in [-0.2, 0) is 0 Å². The summed E-state index contributed by atoms with van der Waals surface area (Å²) >= 11 is 0. The molecule has 8 heteroatoms. The molecule has 0 spiro atoms. The van der Waals surface area contributed by atoms with Crippen LogP contribution in [-0.4, -0.2) is 19.9 Å². The molecule has 0 aliphatic heterocycles. The maximum absolute atomic E-state index is 5.74. The molecule has 0 saturated carbocycles. The smallest absolute Gasteiger partial charge is 0.226 e. The van der Waals surface area contributed by atoms with Crippen molar-refractivity contribution in [3.05, 3.63) is 86.2 Å². The van der Waals surface area contributed by atoms with Crippen LogP contribution in [0.3, 0.4) is 0 Å². The monoisotopic (exact) mass is 470 g/mol. The summed E-state index contributed by atoms with van der Waals surface area (Å²) in [5, 5.41) is 6.00. The molecule has 0 radical (unpaired) electrons. The molecule has 4 aromatic heterocycles. The molecular weight excluding hydrogens is 456 g/mol. The Morgan fingerprint density at radius 2 is 0.667 bits per heavy atom. The fourth-order valence-electron chi connectivity index (χ4n) is 5.13. The molecule has 170 valence electrons. The van der Waals surface area contributed by atoms with Gasteiger partial charge < -0.3 is 17.7 Å². The minimum atomic E-state index is 0.515. The van der Waals surface area contributed by atoms with E-state index in [1.54, 1.807) is 49.8 Å². The van der Waals surface area contributed by atoms with Crippen molar-refractivity contribution in [2.75, 3.05) is 0 Å². The molecule has 0 N–H and O–H groups in total. The molecule has 0 saturated heterocycles. The zero-order chi connectivity index (χ0) is 23.6. The Morgan fingerprint density at radius 1 is 0.389 bits per heavy atom. The van der Waals surface area contributed by atoms with Crippen LogP contribution in [0.5, 0.6) is 0 Å². The predicted octanol–water partition coefficient (Wildman–Crippen LogP) is 7.20. The zero-order valence-electron chi connectivity index (χ0n) is 18.5. The van der Waals surface area contributed by atoms with Gasteiger partial charge in [0.05, 0.1) is 24.8 Å². The molecule has 4 aromatic carbocycles. The number of benzene rings is 4. The lowest BCUT2D eigenvalue weighted by molar-refractivity contribution is 0.572. The van der Waals surface area contributed by atoms with E-state index in [1.165, 1.54) is 0 Å². The summed E-state index contributed by atoms with van der Waals surface area (Å²) in [5.41, 5.74) is 3.37. The van der Waals surface area contributed by atoms with Gasteiger partial charge in [-0.25, -0.2) is 19.9 Å². The van der Waals surface area contributed by atoms with E-state index in [2.05, 4.69) is 44.2 Å². The van der Waals surface area contributed by atoms with Crippen LogP contribution >= 0.6 is 0 Å². The van der Waals surface area contributed by atoms with Crippen molar-refractivity contribution in [3.63, 3.8) is 0 Å². The molecule has 0 unspecified atom stereocenters. The summed E-state index contributed by atoms with van der Waals surface area (Å²) in [7, 11) is 0. The van der Waals surface area contributed by atoms with Crippen molar-refractivity contribution in [1.29, 1.82) is 0 Å². The van der Waals surface area contributed by atoms with E-state index in [-0.39, 0.29) is 0 Å². The number of hydrogen-bond acceptors (Lipinski definition) is 8. The summed E-state index contributed by atoms with van der Waals surface area (Å²) in [4.78, 5) is 17.8. The lowest BCUT2D eigenvalue weighted by Crippen LogP contribution is -1.94. The van der Waals surface area contributed by atoms with E-state index in [0.717, 1.165) is 54.6 Å². The third kappa shape index (κ3) is 2.58. The minimum Gasteiger partial charge on any atom is -0.445 e. The van der Waals surface area contributed by atoms with Crippen LogP contribution in [0.2, 0.25) is 0 Å². The number of oxazole rings is 4. The molecule has 0 atom stereocenters. The first kappa shape index (κ1) is 19.1. The first-order chi connectivity index (χ1) is 17.9. The SMILES string of the molecule is c1coc(-c2cc(-c3ncco3)c3ccc4c(-c5ncco5)cc(-c5ncco5)c5ccc2c3c54)n1. The van der Waals surface area contributed by atoms with Crippen LogP contribution in [0.1, 0.15) is 0 Å². The Hall–Kier alpha value is -5.24. The highest BCUT2D eigenvalue weighted by molar-refractivity contribution is 6.31. The lowest BCUT2D eigenvalue weighted by atomic mass is 9.86. The van der Waals surface area contributed by atoms with Crippen molar-refractivity contribution in [2.24, 2.45) is 0 Å². The second-order valence-electron chi connectivity index (χ2n) is 8.36. The second kappa shape index (κ2) is 7.13. The highest BCUT2D eigenvalue weighted by atomic mass is 16.3. The maximum atomic E-state index is 5.74. The Balaban J connectivity index is 1.62. The maximum Gasteiger partial charge on any atom is 0.226 e. The summed E-state index contributed by atoms with van der Waals surface area (Å²) in [6.07, 6.45) is 12.8. The van der Waals surface area contributed by atoms with Crippen molar-refractivity contribution in [2.45, 2.75) is 0 Å². The highest BCUT2D eigenvalue weighted by Crippen LogP contribution is 2.47. The van der Waals surface area contributed by atoms with Gasteiger partial charge in [-0.15, -0.1) is 0 Å². The van der Waals surface area contributed by atoms with Gasteiger partial charge >= 0.3 is 0 Å². The van der Waals surface area contributed by atoms with Crippen molar-refractivity contribution in [1.82, 2.24) is 19.9 Å². The van der Waals surface area contributed by atoms with E-state index in [1.807, 2.05) is 12.1 Å². The third-order valence-corrected chi connectivity index (χ3v) is 6.55. The van der Waals surface area contributed by atoms with Gasteiger partial charge in [-0.2, -0.15) is 0 Å². The van der Waals surface area contributed by atoms with Gasteiger partial charge in [0.1, 0.15) is 25.1 Å². The molecule has 0 bridgehead atoms. The van der Waals surface area contributed by atoms with E-state index in [0.29, 0.717) is 23.6 Å². The van der Waals surface area contributed by atoms with Crippen molar-refractivity contribution >= 4 is 32.3 Å². The van der Waals surface area contributed by atoms with Crippen LogP contribution in [0, 0.1) is 0 Å². The van der Waals surface area contributed by atoms with Crippen LogP contribution in [0.15, 0.2) is 104 Å². The molecule has 0 aliphatic carbocycles. The third-order valence-electron chi connectivity index (χ3n) is 6.55. The second-order valence-corrected chi connectivity index (χ2v) is 8.36. The molecule has 8 aromatic rings. The number of nitrogens with zero attached hydrogens (tertiary/aromatic N) is 4. The van der Waals surface area contributed by atoms with Crippen molar-refractivity contribution in [3.8, 4) is 45.8 Å². The average molecular weight is 470 g/mol. The molecule has 36 heavy (non-hydrogen) atoms. The van der Waals surface area contributed by atoms with Gasteiger partial charge in [-0.1, -0.05) is 24.3 Å². The fraction of sp³-hybridized carbons (Fsp3) is 0. The Bertz CT molecular complexity index is 1690. The first-order valence-corrected chi connectivity index (χ1v) is 11.2. The number of rotatable bonds is 4. The van der Waals surface area contributed by atoms with Crippen LogP contribution in [0.25, 0.3) is 78.1 Å². The van der Waals surface area contributed by atoms with E-state index < -0.39 is 0 Å². The molecule has 8 nitrogen and oxygen atoms in total. The van der Waals surface area contributed by atoms with E-state index >= 15 is 0 Å². The summed E-state index contributed by atoms with van der Waals surface area (Å²) in [6.45, 7) is 0. The first-order valence-electron chi connectivity index (χ1n) is 11.2.